The van der Waals surface area contributed by atoms with Gasteiger partial charge < -0.3 is 10.3 Å². The molecule has 7 heteroatoms. The van der Waals surface area contributed by atoms with E-state index < -0.39 is 17.2 Å². The molecule has 0 fully saturated rings. The van der Waals surface area contributed by atoms with Crippen LogP contribution in [-0.2, 0) is 4.79 Å². The molecule has 0 saturated heterocycles. The van der Waals surface area contributed by atoms with Gasteiger partial charge in [0.15, 0.2) is 5.16 Å². The molecule has 2 aromatic carbocycles. The predicted octanol–water partition coefficient (Wildman–Crippen LogP) is 3.16. The van der Waals surface area contributed by atoms with E-state index in [9.17, 15) is 9.59 Å². The highest BCUT2D eigenvalue weighted by Crippen LogP contribution is 2.34. The first-order valence-electron chi connectivity index (χ1n) is 7.77. The Labute approximate surface area is 149 Å². The summed E-state index contributed by atoms with van der Waals surface area (Å²) < 4.78 is 0. The van der Waals surface area contributed by atoms with Crippen LogP contribution in [0.4, 0.5) is 4.79 Å². The normalized spacial score (nSPS) is 11.9. The van der Waals surface area contributed by atoms with Crippen molar-refractivity contribution in [2.75, 3.05) is 7.05 Å². The van der Waals surface area contributed by atoms with Crippen LogP contribution < -0.4 is 10.6 Å². The molecule has 6 nitrogen and oxygen atoms in total. The molecule has 3 amide bonds. The van der Waals surface area contributed by atoms with Gasteiger partial charge in [-0.05, 0) is 30.2 Å². The molecule has 0 radical (unpaired) electrons. The molecule has 3 rings (SSSR count). The number of benzene rings is 2. The number of imidazole rings is 1. The summed E-state index contributed by atoms with van der Waals surface area (Å²) in [6, 6.07) is 14.7. The molecule has 0 aliphatic heterocycles. The minimum Gasteiger partial charge on any atom is -0.341 e. The number of H-pyrrole nitrogens is 1. The maximum atomic E-state index is 12.6. The fourth-order valence-corrected chi connectivity index (χ4v) is 3.41. The Bertz CT molecular complexity index is 908. The number of imide groups is 1. The molecular formula is C18H18N4O2S. The molecule has 3 N–H and O–H groups in total. The first-order chi connectivity index (χ1) is 12.1. The third kappa shape index (κ3) is 4.00. The summed E-state index contributed by atoms with van der Waals surface area (Å²) in [5.41, 5.74) is 3.68. The molecule has 3 aromatic rings. The maximum absolute atomic E-state index is 12.6. The highest BCUT2D eigenvalue weighted by Gasteiger charge is 2.24. The SMILES string of the molecule is CNC(=O)NC(=O)[C@H](Sc1nc2ccc(C)cc2[nH]1)c1ccccc1. The number of nitrogens with zero attached hydrogens (tertiary/aromatic N) is 1. The standard InChI is InChI=1S/C18H18N4O2S/c1-11-8-9-13-14(10-11)21-18(20-13)25-15(12-6-4-3-5-7-12)16(23)22-17(24)19-2/h3-10,15H,1-2H3,(H,20,21)(H2,19,22,23,24)/t15-/m1/s1. The number of nitrogens with one attached hydrogen (secondary N) is 3. The highest BCUT2D eigenvalue weighted by molar-refractivity contribution is 8.00. The van der Waals surface area contributed by atoms with Gasteiger partial charge in [0.1, 0.15) is 5.25 Å². The minimum absolute atomic E-state index is 0.396. The van der Waals surface area contributed by atoms with Crippen LogP contribution in [0.3, 0.4) is 0 Å². The Morgan fingerprint density at radius 2 is 1.92 bits per heavy atom. The Morgan fingerprint density at radius 3 is 2.64 bits per heavy atom. The summed E-state index contributed by atoms with van der Waals surface area (Å²) in [4.78, 5) is 31.8. The van der Waals surface area contributed by atoms with E-state index in [1.807, 2.05) is 55.5 Å². The van der Waals surface area contributed by atoms with Crippen LogP contribution in [0, 0.1) is 6.92 Å². The van der Waals surface area contributed by atoms with Crippen molar-refractivity contribution in [2.45, 2.75) is 17.3 Å². The van der Waals surface area contributed by atoms with Crippen molar-refractivity contribution in [1.29, 1.82) is 0 Å². The van der Waals surface area contributed by atoms with Gasteiger partial charge in [0.25, 0.3) is 0 Å². The van der Waals surface area contributed by atoms with Crippen LogP contribution in [0.15, 0.2) is 53.7 Å². The van der Waals surface area contributed by atoms with Gasteiger partial charge in [0, 0.05) is 7.05 Å². The smallest absolute Gasteiger partial charge is 0.321 e. The number of aryl methyl sites for hydroxylation is 1. The monoisotopic (exact) mass is 354 g/mol. The number of hydrogen-bond acceptors (Lipinski definition) is 4. The molecule has 0 aliphatic rings. The summed E-state index contributed by atoms with van der Waals surface area (Å²) in [7, 11) is 1.47. The van der Waals surface area contributed by atoms with Crippen molar-refractivity contribution in [1.82, 2.24) is 20.6 Å². The molecule has 1 aromatic heterocycles. The van der Waals surface area contributed by atoms with Gasteiger partial charge in [0.05, 0.1) is 11.0 Å². The molecule has 0 bridgehead atoms. The van der Waals surface area contributed by atoms with Crippen molar-refractivity contribution in [3.05, 3.63) is 59.7 Å². The van der Waals surface area contributed by atoms with Gasteiger partial charge in [-0.2, -0.15) is 0 Å². The summed E-state index contributed by atoms with van der Waals surface area (Å²) in [6.07, 6.45) is 0. The lowest BCUT2D eigenvalue weighted by Crippen LogP contribution is -2.39. The second-order valence-electron chi connectivity index (χ2n) is 5.54. The number of urea groups is 1. The fraction of sp³-hybridized carbons (Fsp3) is 0.167. The van der Waals surface area contributed by atoms with E-state index in [4.69, 9.17) is 0 Å². The van der Waals surface area contributed by atoms with Gasteiger partial charge >= 0.3 is 6.03 Å². The van der Waals surface area contributed by atoms with Crippen molar-refractivity contribution in [3.8, 4) is 0 Å². The third-order valence-electron chi connectivity index (χ3n) is 3.65. The third-order valence-corrected chi connectivity index (χ3v) is 4.79. The number of thioether (sulfide) groups is 1. The second-order valence-corrected chi connectivity index (χ2v) is 6.63. The number of aromatic amines is 1. The lowest BCUT2D eigenvalue weighted by molar-refractivity contribution is -0.119. The van der Waals surface area contributed by atoms with Gasteiger partial charge in [-0.1, -0.05) is 48.2 Å². The Hall–Kier alpha value is -2.80. The van der Waals surface area contributed by atoms with Crippen LogP contribution in [-0.4, -0.2) is 29.0 Å². The number of amides is 3. The van der Waals surface area contributed by atoms with E-state index in [0.717, 1.165) is 22.2 Å². The van der Waals surface area contributed by atoms with Gasteiger partial charge in [-0.25, -0.2) is 9.78 Å². The highest BCUT2D eigenvalue weighted by atomic mass is 32.2. The summed E-state index contributed by atoms with van der Waals surface area (Å²) >= 11 is 1.28. The van der Waals surface area contributed by atoms with Crippen molar-refractivity contribution in [3.63, 3.8) is 0 Å². The van der Waals surface area contributed by atoms with E-state index in [-0.39, 0.29) is 0 Å². The number of carbonyl (C=O) groups is 2. The molecule has 0 unspecified atom stereocenters. The van der Waals surface area contributed by atoms with Crippen molar-refractivity contribution >= 4 is 34.7 Å². The number of carbonyl (C=O) groups excluding carboxylic acids is 2. The topological polar surface area (TPSA) is 86.9 Å². The number of rotatable bonds is 4. The van der Waals surface area contributed by atoms with Crippen molar-refractivity contribution in [2.24, 2.45) is 0 Å². The predicted molar refractivity (Wildman–Crippen MR) is 98.5 cm³/mol. The zero-order chi connectivity index (χ0) is 17.8. The summed E-state index contributed by atoms with van der Waals surface area (Å²) in [5, 5.41) is 4.76. The molecule has 25 heavy (non-hydrogen) atoms. The molecule has 0 spiro atoms. The minimum atomic E-state index is -0.597. The number of fused-ring (bicyclic) bond motifs is 1. The van der Waals surface area contributed by atoms with Crippen molar-refractivity contribution < 1.29 is 9.59 Å². The van der Waals surface area contributed by atoms with E-state index in [0.29, 0.717) is 5.16 Å². The van der Waals surface area contributed by atoms with Gasteiger partial charge in [0.2, 0.25) is 5.91 Å². The van der Waals surface area contributed by atoms with E-state index in [1.165, 1.54) is 18.8 Å². The first kappa shape index (κ1) is 17.0. The molecule has 0 saturated carbocycles. The molecule has 128 valence electrons. The zero-order valence-corrected chi connectivity index (χ0v) is 14.7. The number of hydrogen-bond donors (Lipinski definition) is 3. The zero-order valence-electron chi connectivity index (χ0n) is 13.9. The quantitative estimate of drug-likeness (QED) is 0.628. The summed E-state index contributed by atoms with van der Waals surface area (Å²) in [6.45, 7) is 2.01. The lowest BCUT2D eigenvalue weighted by atomic mass is 10.1. The molecule has 0 aliphatic carbocycles. The maximum Gasteiger partial charge on any atom is 0.321 e. The average molecular weight is 354 g/mol. The van der Waals surface area contributed by atoms with Crippen LogP contribution >= 0.6 is 11.8 Å². The first-order valence-corrected chi connectivity index (χ1v) is 8.65. The molecular weight excluding hydrogens is 336 g/mol. The average Bonchev–Trinajstić information content (AvgIpc) is 3.01. The summed E-state index contributed by atoms with van der Waals surface area (Å²) in [5.74, 6) is -0.396. The second kappa shape index (κ2) is 7.40. The van der Waals surface area contributed by atoms with Crippen LogP contribution in [0.2, 0.25) is 0 Å². The Balaban J connectivity index is 1.90. The van der Waals surface area contributed by atoms with Crippen LogP contribution in [0.5, 0.6) is 0 Å². The van der Waals surface area contributed by atoms with E-state index in [1.54, 1.807) is 0 Å². The van der Waals surface area contributed by atoms with Gasteiger partial charge in [-0.15, -0.1) is 0 Å². The molecule has 1 heterocycles. The van der Waals surface area contributed by atoms with E-state index in [2.05, 4.69) is 20.6 Å². The van der Waals surface area contributed by atoms with Gasteiger partial charge in [-0.3, -0.25) is 10.1 Å². The fourth-order valence-electron chi connectivity index (χ4n) is 2.41. The van der Waals surface area contributed by atoms with Crippen LogP contribution in [0.25, 0.3) is 11.0 Å². The molecule has 1 atom stereocenters. The lowest BCUT2D eigenvalue weighted by Gasteiger charge is -2.14. The van der Waals surface area contributed by atoms with Crippen LogP contribution in [0.1, 0.15) is 16.4 Å². The Morgan fingerprint density at radius 1 is 1.16 bits per heavy atom. The van der Waals surface area contributed by atoms with E-state index >= 15 is 0 Å². The Kier molecular flexibility index (Phi) is 5.04. The largest absolute Gasteiger partial charge is 0.341 e. The number of aromatic nitrogens is 2.